The van der Waals surface area contributed by atoms with Crippen LogP contribution in [0.1, 0.15) is 32.1 Å². The number of likely N-dealkylation sites (tertiary alicyclic amines) is 1. The molecular formula is C12H23NO3. The standard InChI is InChI=1S/C12H23NO3/c14-10-7-13(8-11(15)12(10)16)6-9-4-2-1-3-5-9/h9-12,14-16H,1-8H2/t10-,11+,12?. The van der Waals surface area contributed by atoms with Gasteiger partial charge in [-0.3, -0.25) is 4.90 Å². The van der Waals surface area contributed by atoms with Gasteiger partial charge in [-0.25, -0.2) is 0 Å². The minimum Gasteiger partial charge on any atom is -0.389 e. The van der Waals surface area contributed by atoms with Crippen LogP contribution in [-0.2, 0) is 0 Å². The Balaban J connectivity index is 1.81. The van der Waals surface area contributed by atoms with Crippen molar-refractivity contribution in [2.75, 3.05) is 19.6 Å². The zero-order valence-electron chi connectivity index (χ0n) is 9.76. The van der Waals surface area contributed by atoms with Gasteiger partial charge in [-0.05, 0) is 18.8 Å². The van der Waals surface area contributed by atoms with Crippen LogP contribution in [-0.4, -0.2) is 58.2 Å². The molecule has 2 rings (SSSR count). The summed E-state index contributed by atoms with van der Waals surface area (Å²) in [6.07, 6.45) is 3.94. The van der Waals surface area contributed by atoms with Crippen molar-refractivity contribution in [3.05, 3.63) is 0 Å². The molecule has 16 heavy (non-hydrogen) atoms. The molecule has 4 nitrogen and oxygen atoms in total. The molecule has 2 fully saturated rings. The van der Waals surface area contributed by atoms with Gasteiger partial charge in [-0.15, -0.1) is 0 Å². The molecule has 1 unspecified atom stereocenters. The van der Waals surface area contributed by atoms with Crippen LogP contribution in [0.4, 0.5) is 0 Å². The summed E-state index contributed by atoms with van der Waals surface area (Å²) >= 11 is 0. The van der Waals surface area contributed by atoms with E-state index in [1.54, 1.807) is 0 Å². The molecule has 1 heterocycles. The lowest BCUT2D eigenvalue weighted by Crippen LogP contribution is -2.56. The van der Waals surface area contributed by atoms with Gasteiger partial charge in [0.2, 0.25) is 0 Å². The van der Waals surface area contributed by atoms with E-state index in [0.29, 0.717) is 19.0 Å². The van der Waals surface area contributed by atoms with Crippen LogP contribution in [0.3, 0.4) is 0 Å². The second-order valence-electron chi connectivity index (χ2n) is 5.35. The summed E-state index contributed by atoms with van der Waals surface area (Å²) in [7, 11) is 0. The van der Waals surface area contributed by atoms with Gasteiger partial charge in [0.05, 0.1) is 12.2 Å². The van der Waals surface area contributed by atoms with Gasteiger partial charge < -0.3 is 15.3 Å². The fraction of sp³-hybridized carbons (Fsp3) is 1.00. The number of aliphatic hydroxyl groups excluding tert-OH is 3. The molecule has 1 aliphatic heterocycles. The molecule has 2 aliphatic rings. The molecule has 0 amide bonds. The van der Waals surface area contributed by atoms with Gasteiger partial charge in [0.25, 0.3) is 0 Å². The number of rotatable bonds is 2. The Bertz CT molecular complexity index is 206. The number of aliphatic hydroxyl groups is 3. The highest BCUT2D eigenvalue weighted by Crippen LogP contribution is 2.25. The summed E-state index contributed by atoms with van der Waals surface area (Å²) < 4.78 is 0. The molecule has 0 bridgehead atoms. The first-order valence-corrected chi connectivity index (χ1v) is 6.43. The number of hydrogen-bond donors (Lipinski definition) is 3. The molecule has 3 N–H and O–H groups in total. The van der Waals surface area contributed by atoms with Crippen molar-refractivity contribution in [2.24, 2.45) is 5.92 Å². The minimum absolute atomic E-state index is 0.495. The SMILES string of the molecule is OC1[C@H](O)CN(CC2CCCCC2)C[C@@H]1O. The maximum absolute atomic E-state index is 9.60. The van der Waals surface area contributed by atoms with E-state index < -0.39 is 18.3 Å². The average Bonchev–Trinajstić information content (AvgIpc) is 2.27. The van der Waals surface area contributed by atoms with Crippen LogP contribution in [0.25, 0.3) is 0 Å². The lowest BCUT2D eigenvalue weighted by atomic mass is 9.88. The molecule has 4 heteroatoms. The van der Waals surface area contributed by atoms with Crippen LogP contribution in [0, 0.1) is 5.92 Å². The normalized spacial score (nSPS) is 38.8. The fourth-order valence-corrected chi connectivity index (χ4v) is 2.96. The molecule has 1 saturated heterocycles. The Morgan fingerprint density at radius 3 is 2.00 bits per heavy atom. The minimum atomic E-state index is -0.970. The second-order valence-corrected chi connectivity index (χ2v) is 5.35. The number of piperidine rings is 1. The Kier molecular flexibility index (Phi) is 4.19. The highest BCUT2D eigenvalue weighted by molar-refractivity contribution is 4.87. The van der Waals surface area contributed by atoms with Crippen molar-refractivity contribution in [1.82, 2.24) is 4.90 Å². The van der Waals surface area contributed by atoms with E-state index in [4.69, 9.17) is 0 Å². The Labute approximate surface area is 96.9 Å². The van der Waals surface area contributed by atoms with E-state index in [1.807, 2.05) is 0 Å². The molecule has 0 spiro atoms. The average molecular weight is 229 g/mol. The third-order valence-corrected chi connectivity index (χ3v) is 3.92. The quantitative estimate of drug-likeness (QED) is 0.622. The van der Waals surface area contributed by atoms with Crippen molar-refractivity contribution < 1.29 is 15.3 Å². The zero-order valence-corrected chi connectivity index (χ0v) is 9.76. The Morgan fingerprint density at radius 1 is 0.875 bits per heavy atom. The van der Waals surface area contributed by atoms with Crippen LogP contribution in [0.2, 0.25) is 0 Å². The highest BCUT2D eigenvalue weighted by atomic mass is 16.4. The van der Waals surface area contributed by atoms with Crippen molar-refractivity contribution >= 4 is 0 Å². The summed E-state index contributed by atoms with van der Waals surface area (Å²) in [4.78, 5) is 2.10. The second kappa shape index (κ2) is 5.45. The smallest absolute Gasteiger partial charge is 0.108 e. The topological polar surface area (TPSA) is 63.9 Å². The van der Waals surface area contributed by atoms with Crippen LogP contribution in [0.15, 0.2) is 0 Å². The number of nitrogens with zero attached hydrogens (tertiary/aromatic N) is 1. The van der Waals surface area contributed by atoms with Crippen LogP contribution in [0.5, 0.6) is 0 Å². The number of hydrogen-bond acceptors (Lipinski definition) is 4. The fourth-order valence-electron chi connectivity index (χ4n) is 2.96. The first-order chi connectivity index (χ1) is 7.66. The van der Waals surface area contributed by atoms with Gasteiger partial charge in [-0.1, -0.05) is 19.3 Å². The third kappa shape index (κ3) is 2.94. The van der Waals surface area contributed by atoms with Gasteiger partial charge in [0.15, 0.2) is 0 Å². The van der Waals surface area contributed by atoms with Crippen LogP contribution >= 0.6 is 0 Å². The molecule has 94 valence electrons. The molecule has 1 aliphatic carbocycles. The van der Waals surface area contributed by atoms with E-state index in [2.05, 4.69) is 4.90 Å². The maximum Gasteiger partial charge on any atom is 0.108 e. The van der Waals surface area contributed by atoms with E-state index >= 15 is 0 Å². The first-order valence-electron chi connectivity index (χ1n) is 6.43. The lowest BCUT2D eigenvalue weighted by Gasteiger charge is -2.39. The summed E-state index contributed by atoms with van der Waals surface area (Å²) in [6.45, 7) is 1.95. The maximum atomic E-state index is 9.60. The van der Waals surface area contributed by atoms with Crippen molar-refractivity contribution in [2.45, 2.75) is 50.4 Å². The van der Waals surface area contributed by atoms with E-state index in [9.17, 15) is 15.3 Å². The van der Waals surface area contributed by atoms with Gasteiger partial charge in [0.1, 0.15) is 6.10 Å². The van der Waals surface area contributed by atoms with E-state index in [-0.39, 0.29) is 0 Å². The Morgan fingerprint density at radius 2 is 1.44 bits per heavy atom. The molecule has 0 aromatic rings. The zero-order chi connectivity index (χ0) is 11.5. The third-order valence-electron chi connectivity index (χ3n) is 3.92. The van der Waals surface area contributed by atoms with Gasteiger partial charge in [-0.2, -0.15) is 0 Å². The Hall–Kier alpha value is -0.160. The van der Waals surface area contributed by atoms with E-state index in [1.165, 1.54) is 32.1 Å². The lowest BCUT2D eigenvalue weighted by molar-refractivity contribution is -0.112. The number of β-amino-alcohol motifs (C(OH)–C–C–N with tert-alkyl or cyclic N) is 2. The molecule has 0 aromatic heterocycles. The van der Waals surface area contributed by atoms with Crippen molar-refractivity contribution in [1.29, 1.82) is 0 Å². The summed E-state index contributed by atoms with van der Waals surface area (Å²) in [5.41, 5.74) is 0. The first kappa shape index (κ1) is 12.3. The molecule has 0 radical (unpaired) electrons. The van der Waals surface area contributed by atoms with Gasteiger partial charge >= 0.3 is 0 Å². The summed E-state index contributed by atoms with van der Waals surface area (Å²) in [6, 6.07) is 0. The molecule has 3 atom stereocenters. The monoisotopic (exact) mass is 229 g/mol. The molecule has 0 aromatic carbocycles. The van der Waals surface area contributed by atoms with Crippen LogP contribution < -0.4 is 0 Å². The molecular weight excluding hydrogens is 206 g/mol. The molecule has 1 saturated carbocycles. The van der Waals surface area contributed by atoms with Crippen molar-refractivity contribution in [3.8, 4) is 0 Å². The van der Waals surface area contributed by atoms with E-state index in [0.717, 1.165) is 6.54 Å². The van der Waals surface area contributed by atoms with Gasteiger partial charge in [0, 0.05) is 19.6 Å². The highest BCUT2D eigenvalue weighted by Gasteiger charge is 2.34. The summed E-state index contributed by atoms with van der Waals surface area (Å²) in [5, 5.41) is 28.6. The predicted molar refractivity (Wildman–Crippen MR) is 61.0 cm³/mol. The van der Waals surface area contributed by atoms with Crippen molar-refractivity contribution in [3.63, 3.8) is 0 Å². The predicted octanol–water partition coefficient (Wildman–Crippen LogP) is -0.0350. The largest absolute Gasteiger partial charge is 0.389 e. The summed E-state index contributed by atoms with van der Waals surface area (Å²) in [5.74, 6) is 0.711.